The molecule has 1 saturated heterocycles. The van der Waals surface area contributed by atoms with Crippen molar-refractivity contribution in [3.05, 3.63) is 87.7 Å². The van der Waals surface area contributed by atoms with Crippen molar-refractivity contribution in [3.63, 3.8) is 0 Å². The third kappa shape index (κ3) is 4.48. The number of hydrogen-bond acceptors (Lipinski definition) is 7. The molecule has 0 aliphatic carbocycles. The predicted octanol–water partition coefficient (Wildman–Crippen LogP) is 3.67. The number of primary sulfonamides is 1. The number of nitrogens with zero attached hydrogens (tertiary/aromatic N) is 2. The summed E-state index contributed by atoms with van der Waals surface area (Å²) < 4.78 is 28.6. The maximum atomic E-state index is 13.2. The van der Waals surface area contributed by atoms with Gasteiger partial charge in [0.05, 0.1) is 33.9 Å². The molecule has 1 aliphatic heterocycles. The van der Waals surface area contributed by atoms with Gasteiger partial charge in [-0.1, -0.05) is 29.3 Å². The highest BCUT2D eigenvalue weighted by Crippen LogP contribution is 2.44. The lowest BCUT2D eigenvalue weighted by Gasteiger charge is -2.25. The van der Waals surface area contributed by atoms with Gasteiger partial charge in [0.25, 0.3) is 11.7 Å². The second-order valence-electron chi connectivity index (χ2n) is 7.43. The first-order valence-corrected chi connectivity index (χ1v) is 12.2. The number of hydrogen-bond donors (Lipinski definition) is 2. The minimum absolute atomic E-state index is 0.00787. The molecule has 2 aromatic carbocycles. The highest BCUT2D eigenvalue weighted by molar-refractivity contribution is 7.89. The van der Waals surface area contributed by atoms with Gasteiger partial charge in [-0.05, 0) is 48.5 Å². The molecule has 2 heterocycles. The molecule has 0 spiro atoms. The summed E-state index contributed by atoms with van der Waals surface area (Å²) in [5, 5.41) is 16.7. The Morgan fingerprint density at radius 1 is 1.11 bits per heavy atom. The fraction of sp³-hybridized carbons (Fsp3) is 0.0870. The van der Waals surface area contributed by atoms with Crippen LogP contribution in [0.4, 0.5) is 5.69 Å². The minimum Gasteiger partial charge on any atom is -0.507 e. The molecule has 4 rings (SSSR count). The van der Waals surface area contributed by atoms with Gasteiger partial charge < -0.3 is 9.84 Å². The molecule has 1 unspecified atom stereocenters. The number of sulfonamides is 1. The summed E-state index contributed by atoms with van der Waals surface area (Å²) in [4.78, 5) is 31.6. The standard InChI is InChI=1S/C23H17Cl2N3O6S/c1-34-22-15(10-12(24)11-16(22)25)20(29)18-19(17-4-2-3-9-27-17)28(23(31)21(18)30)13-5-7-14(8-6-13)35(26,32)33/h2-11,19,29H,1H3,(H2,26,32,33)/b20-18+. The summed E-state index contributed by atoms with van der Waals surface area (Å²) in [5.74, 6) is -2.47. The van der Waals surface area contributed by atoms with Crippen molar-refractivity contribution < 1.29 is 27.9 Å². The van der Waals surface area contributed by atoms with Crippen molar-refractivity contribution in [2.45, 2.75) is 10.9 Å². The fourth-order valence-electron chi connectivity index (χ4n) is 3.80. The number of pyridine rings is 1. The quantitative estimate of drug-likeness (QED) is 0.289. The average Bonchev–Trinajstić information content (AvgIpc) is 3.08. The molecule has 1 aromatic heterocycles. The average molecular weight is 534 g/mol. The Morgan fingerprint density at radius 2 is 1.80 bits per heavy atom. The van der Waals surface area contributed by atoms with Gasteiger partial charge in [-0.25, -0.2) is 13.6 Å². The highest BCUT2D eigenvalue weighted by Gasteiger charge is 2.48. The van der Waals surface area contributed by atoms with Gasteiger partial charge in [-0.2, -0.15) is 0 Å². The second kappa shape index (κ2) is 9.31. The van der Waals surface area contributed by atoms with Crippen LogP contribution >= 0.6 is 23.2 Å². The summed E-state index contributed by atoms with van der Waals surface area (Å²) >= 11 is 12.3. The van der Waals surface area contributed by atoms with Crippen LogP contribution in [0.5, 0.6) is 5.75 Å². The molecule has 0 bridgehead atoms. The molecule has 1 amide bonds. The number of Topliss-reactive ketones (excluding diaryl/α,β-unsaturated/α-hetero) is 1. The Labute approximate surface area is 210 Å². The van der Waals surface area contributed by atoms with Crippen LogP contribution in [0.1, 0.15) is 17.3 Å². The number of aliphatic hydroxyl groups is 1. The van der Waals surface area contributed by atoms with Crippen LogP contribution in [0.25, 0.3) is 5.76 Å². The lowest BCUT2D eigenvalue weighted by atomic mass is 9.97. The molecule has 1 atom stereocenters. The Hall–Kier alpha value is -3.44. The van der Waals surface area contributed by atoms with Crippen molar-refractivity contribution in [2.75, 3.05) is 12.0 Å². The second-order valence-corrected chi connectivity index (χ2v) is 9.84. The first-order chi connectivity index (χ1) is 16.5. The van der Waals surface area contributed by atoms with Gasteiger partial charge in [0.2, 0.25) is 10.0 Å². The van der Waals surface area contributed by atoms with Crippen LogP contribution < -0.4 is 14.8 Å². The normalized spacial score (nSPS) is 17.6. The Balaban J connectivity index is 1.97. The molecular formula is C23H17Cl2N3O6S. The zero-order valence-corrected chi connectivity index (χ0v) is 20.3. The number of benzene rings is 2. The molecule has 1 fully saturated rings. The number of halogens is 2. The van der Waals surface area contributed by atoms with Gasteiger partial charge in [0.1, 0.15) is 17.6 Å². The minimum atomic E-state index is -3.98. The molecule has 0 radical (unpaired) electrons. The number of amides is 1. The van der Waals surface area contributed by atoms with Crippen LogP contribution in [-0.2, 0) is 19.6 Å². The van der Waals surface area contributed by atoms with Crippen molar-refractivity contribution >= 4 is 56.4 Å². The largest absolute Gasteiger partial charge is 0.507 e. The Bertz CT molecular complexity index is 1480. The molecule has 35 heavy (non-hydrogen) atoms. The van der Waals surface area contributed by atoms with E-state index in [0.29, 0.717) is 0 Å². The number of anilines is 1. The van der Waals surface area contributed by atoms with Crippen molar-refractivity contribution in [1.29, 1.82) is 0 Å². The van der Waals surface area contributed by atoms with E-state index in [1.54, 1.807) is 18.2 Å². The first-order valence-electron chi connectivity index (χ1n) is 9.92. The molecule has 3 N–H and O–H groups in total. The van der Waals surface area contributed by atoms with Gasteiger partial charge in [-0.3, -0.25) is 19.5 Å². The maximum absolute atomic E-state index is 13.2. The van der Waals surface area contributed by atoms with Gasteiger partial charge in [-0.15, -0.1) is 0 Å². The monoisotopic (exact) mass is 533 g/mol. The van der Waals surface area contributed by atoms with E-state index in [2.05, 4.69) is 4.98 Å². The van der Waals surface area contributed by atoms with E-state index in [9.17, 15) is 23.1 Å². The number of rotatable bonds is 5. The maximum Gasteiger partial charge on any atom is 0.300 e. The zero-order chi connectivity index (χ0) is 25.5. The third-order valence-corrected chi connectivity index (χ3v) is 6.75. The van der Waals surface area contributed by atoms with Gasteiger partial charge >= 0.3 is 0 Å². The molecule has 9 nitrogen and oxygen atoms in total. The van der Waals surface area contributed by atoms with Crippen LogP contribution in [0.3, 0.4) is 0 Å². The lowest BCUT2D eigenvalue weighted by molar-refractivity contribution is -0.132. The highest BCUT2D eigenvalue weighted by atomic mass is 35.5. The van der Waals surface area contributed by atoms with E-state index in [0.717, 1.165) is 4.90 Å². The topological polar surface area (TPSA) is 140 Å². The number of methoxy groups -OCH3 is 1. The van der Waals surface area contributed by atoms with E-state index in [1.807, 2.05) is 0 Å². The van der Waals surface area contributed by atoms with E-state index in [4.69, 9.17) is 33.1 Å². The van der Waals surface area contributed by atoms with Crippen LogP contribution in [-0.4, -0.2) is 37.3 Å². The first kappa shape index (κ1) is 24.7. The van der Waals surface area contributed by atoms with Crippen LogP contribution in [0.15, 0.2) is 71.3 Å². The summed E-state index contributed by atoms with van der Waals surface area (Å²) in [5.41, 5.74) is 0.190. The third-order valence-electron chi connectivity index (χ3n) is 5.32. The summed E-state index contributed by atoms with van der Waals surface area (Å²) in [7, 11) is -2.65. The SMILES string of the molecule is COc1c(Cl)cc(Cl)cc1/C(O)=C1\C(=O)C(=O)N(c2ccc(S(N)(=O)=O)cc2)C1c1ccccn1. The Kier molecular flexibility index (Phi) is 6.56. The van der Waals surface area contributed by atoms with E-state index in [-0.39, 0.29) is 43.2 Å². The lowest BCUT2D eigenvalue weighted by Crippen LogP contribution is -2.29. The molecular weight excluding hydrogens is 517 g/mol. The molecule has 0 saturated carbocycles. The Morgan fingerprint density at radius 3 is 2.37 bits per heavy atom. The summed E-state index contributed by atoms with van der Waals surface area (Å²) in [6.07, 6.45) is 1.47. The number of ketones is 1. The number of aromatic nitrogens is 1. The van der Waals surface area contributed by atoms with Crippen LogP contribution in [0.2, 0.25) is 10.0 Å². The predicted molar refractivity (Wildman–Crippen MR) is 130 cm³/mol. The van der Waals surface area contributed by atoms with E-state index in [1.165, 1.54) is 49.7 Å². The van der Waals surface area contributed by atoms with Crippen LogP contribution in [0, 0.1) is 0 Å². The molecule has 1 aliphatic rings. The summed E-state index contributed by atoms with van der Waals surface area (Å²) in [6, 6.07) is 11.6. The molecule has 3 aromatic rings. The van der Waals surface area contributed by atoms with Crippen molar-refractivity contribution in [3.8, 4) is 5.75 Å². The van der Waals surface area contributed by atoms with E-state index >= 15 is 0 Å². The van der Waals surface area contributed by atoms with Crippen molar-refractivity contribution in [2.24, 2.45) is 5.14 Å². The summed E-state index contributed by atoms with van der Waals surface area (Å²) in [6.45, 7) is 0. The van der Waals surface area contributed by atoms with E-state index < -0.39 is 33.5 Å². The number of ether oxygens (including phenoxy) is 1. The molecule has 12 heteroatoms. The smallest absolute Gasteiger partial charge is 0.300 e. The zero-order valence-electron chi connectivity index (χ0n) is 18.0. The van der Waals surface area contributed by atoms with Crippen molar-refractivity contribution in [1.82, 2.24) is 4.98 Å². The van der Waals surface area contributed by atoms with Gasteiger partial charge in [0.15, 0.2) is 0 Å². The molecule has 180 valence electrons. The fourth-order valence-corrected chi connectivity index (χ4v) is 4.89. The number of carbonyl (C=O) groups is 2. The number of aliphatic hydroxyl groups excluding tert-OH is 1. The number of nitrogens with two attached hydrogens (primary N) is 1. The van der Waals surface area contributed by atoms with Gasteiger partial charge in [0, 0.05) is 16.9 Å². The number of carbonyl (C=O) groups excluding carboxylic acids is 2.